The molecule has 10 heavy (non-hydrogen) atoms. The van der Waals surface area contributed by atoms with E-state index in [2.05, 4.69) is 18.6 Å². The molecule has 1 unspecified atom stereocenters. The Morgan fingerprint density at radius 2 is 2.30 bits per heavy atom. The molecule has 1 aliphatic carbocycles. The summed E-state index contributed by atoms with van der Waals surface area (Å²) in [6.45, 7) is 4.16. The zero-order valence-electron chi connectivity index (χ0n) is 6.55. The first-order valence-corrected chi connectivity index (χ1v) is 3.46. The van der Waals surface area contributed by atoms with Crippen LogP contribution in [0.25, 0.3) is 0 Å². The number of carbonyl (C=O) groups is 1. The third-order valence-corrected chi connectivity index (χ3v) is 1.73. The van der Waals surface area contributed by atoms with Crippen LogP contribution in [0.5, 0.6) is 0 Å². The van der Waals surface area contributed by atoms with E-state index in [-0.39, 0.29) is 11.9 Å². The molecule has 0 radical (unpaired) electrons. The number of ether oxygens (including phenoxy) is 1. The number of carbonyl (C=O) groups excluding carboxylic acids is 1. The van der Waals surface area contributed by atoms with Gasteiger partial charge >= 0.3 is 5.97 Å². The van der Waals surface area contributed by atoms with Crippen molar-refractivity contribution in [1.82, 2.24) is 0 Å². The first-order valence-electron chi connectivity index (χ1n) is 3.46. The maximum Gasteiger partial charge on any atom is 0.316 e. The zero-order valence-corrected chi connectivity index (χ0v) is 6.55. The van der Waals surface area contributed by atoms with Crippen molar-refractivity contribution < 1.29 is 9.53 Å². The standard InChI is InChI=1S/C8H12O2/c1-5(2)6-4-7(6)8(9)10-3/h4-5,7H,1-3H3. The van der Waals surface area contributed by atoms with E-state index in [0.29, 0.717) is 5.92 Å². The lowest BCUT2D eigenvalue weighted by molar-refractivity contribution is -0.141. The molecular weight excluding hydrogens is 128 g/mol. The minimum atomic E-state index is -0.122. The van der Waals surface area contributed by atoms with Crippen LogP contribution < -0.4 is 0 Å². The molecule has 0 saturated heterocycles. The highest BCUT2D eigenvalue weighted by atomic mass is 16.5. The van der Waals surface area contributed by atoms with Crippen LogP contribution in [0.3, 0.4) is 0 Å². The predicted molar refractivity (Wildman–Crippen MR) is 38.4 cm³/mol. The Kier molecular flexibility index (Phi) is 1.79. The fourth-order valence-corrected chi connectivity index (χ4v) is 1.03. The Morgan fingerprint density at radius 1 is 1.70 bits per heavy atom. The summed E-state index contributed by atoms with van der Waals surface area (Å²) >= 11 is 0. The largest absolute Gasteiger partial charge is 0.468 e. The lowest BCUT2D eigenvalue weighted by Crippen LogP contribution is -2.06. The van der Waals surface area contributed by atoms with Gasteiger partial charge in [-0.1, -0.05) is 25.5 Å². The molecule has 0 aromatic rings. The third kappa shape index (κ3) is 1.20. The highest BCUT2D eigenvalue weighted by Crippen LogP contribution is 2.35. The zero-order chi connectivity index (χ0) is 7.72. The van der Waals surface area contributed by atoms with Crippen LogP contribution >= 0.6 is 0 Å². The van der Waals surface area contributed by atoms with Crippen molar-refractivity contribution in [2.75, 3.05) is 7.11 Å². The van der Waals surface area contributed by atoms with Gasteiger partial charge in [0, 0.05) is 0 Å². The Morgan fingerprint density at radius 3 is 2.60 bits per heavy atom. The van der Waals surface area contributed by atoms with Gasteiger partial charge in [0.05, 0.1) is 13.0 Å². The minimum absolute atomic E-state index is 0.00463. The average Bonchev–Trinajstić information content (AvgIpc) is 2.64. The van der Waals surface area contributed by atoms with Gasteiger partial charge in [-0.2, -0.15) is 0 Å². The molecule has 0 amide bonds. The predicted octanol–water partition coefficient (Wildman–Crippen LogP) is 1.37. The molecule has 0 aromatic heterocycles. The summed E-state index contributed by atoms with van der Waals surface area (Å²) in [6, 6.07) is 0. The van der Waals surface area contributed by atoms with Crippen molar-refractivity contribution in [3.63, 3.8) is 0 Å². The smallest absolute Gasteiger partial charge is 0.316 e. The summed E-state index contributed by atoms with van der Waals surface area (Å²) in [7, 11) is 1.42. The highest BCUT2D eigenvalue weighted by Gasteiger charge is 2.34. The van der Waals surface area contributed by atoms with Crippen molar-refractivity contribution >= 4 is 5.97 Å². The van der Waals surface area contributed by atoms with Crippen molar-refractivity contribution in [2.24, 2.45) is 11.8 Å². The van der Waals surface area contributed by atoms with Gasteiger partial charge in [-0.25, -0.2) is 0 Å². The van der Waals surface area contributed by atoms with E-state index in [9.17, 15) is 4.79 Å². The van der Waals surface area contributed by atoms with Gasteiger partial charge in [0.25, 0.3) is 0 Å². The molecule has 0 saturated carbocycles. The van der Waals surface area contributed by atoms with E-state index in [1.807, 2.05) is 6.08 Å². The summed E-state index contributed by atoms with van der Waals surface area (Å²) in [5.41, 5.74) is 1.21. The average molecular weight is 140 g/mol. The van der Waals surface area contributed by atoms with Crippen molar-refractivity contribution in [3.05, 3.63) is 11.6 Å². The lowest BCUT2D eigenvalue weighted by Gasteiger charge is -2.00. The lowest BCUT2D eigenvalue weighted by atomic mass is 10.1. The molecule has 0 heterocycles. The van der Waals surface area contributed by atoms with Gasteiger partial charge in [-0.3, -0.25) is 4.79 Å². The molecule has 0 aromatic carbocycles. The van der Waals surface area contributed by atoms with Gasteiger partial charge in [0.2, 0.25) is 0 Å². The van der Waals surface area contributed by atoms with Crippen LogP contribution in [0.1, 0.15) is 13.8 Å². The van der Waals surface area contributed by atoms with Crippen LogP contribution in [-0.2, 0) is 9.53 Å². The second kappa shape index (κ2) is 2.45. The highest BCUT2D eigenvalue weighted by molar-refractivity contribution is 5.83. The topological polar surface area (TPSA) is 26.3 Å². The van der Waals surface area contributed by atoms with Gasteiger partial charge < -0.3 is 4.74 Å². The molecule has 0 aliphatic heterocycles. The Hall–Kier alpha value is -0.790. The maximum absolute atomic E-state index is 10.8. The van der Waals surface area contributed by atoms with E-state index in [1.54, 1.807) is 0 Å². The number of hydrogen-bond donors (Lipinski definition) is 0. The van der Waals surface area contributed by atoms with Gasteiger partial charge in [0.1, 0.15) is 0 Å². The maximum atomic E-state index is 10.8. The summed E-state index contributed by atoms with van der Waals surface area (Å²) in [5, 5.41) is 0. The molecule has 0 N–H and O–H groups in total. The number of esters is 1. The summed E-state index contributed by atoms with van der Waals surface area (Å²) in [4.78, 5) is 10.8. The molecule has 1 atom stereocenters. The molecule has 1 aliphatic rings. The molecule has 2 heteroatoms. The van der Waals surface area contributed by atoms with Crippen LogP contribution in [0, 0.1) is 11.8 Å². The summed E-state index contributed by atoms with van der Waals surface area (Å²) < 4.78 is 4.56. The van der Waals surface area contributed by atoms with E-state index in [4.69, 9.17) is 0 Å². The molecule has 2 nitrogen and oxygen atoms in total. The van der Waals surface area contributed by atoms with Gasteiger partial charge in [-0.05, 0) is 5.92 Å². The molecule has 0 bridgehead atoms. The van der Waals surface area contributed by atoms with Crippen LogP contribution in [0.2, 0.25) is 0 Å². The van der Waals surface area contributed by atoms with Gasteiger partial charge in [-0.15, -0.1) is 0 Å². The first-order chi connectivity index (χ1) is 4.66. The SMILES string of the molecule is COC(=O)C1C=C1C(C)C. The Labute approximate surface area is 60.9 Å². The quantitative estimate of drug-likeness (QED) is 0.427. The molecule has 0 fully saturated rings. The molecule has 1 rings (SSSR count). The normalized spacial score (nSPS) is 22.4. The molecule has 56 valence electrons. The summed E-state index contributed by atoms with van der Waals surface area (Å²) in [6.07, 6.45) is 1.95. The summed E-state index contributed by atoms with van der Waals surface area (Å²) in [5.74, 6) is 0.373. The van der Waals surface area contributed by atoms with Crippen LogP contribution in [0.4, 0.5) is 0 Å². The Bertz CT molecular complexity index is 180. The van der Waals surface area contributed by atoms with E-state index in [1.165, 1.54) is 12.7 Å². The first kappa shape index (κ1) is 7.32. The van der Waals surface area contributed by atoms with Gasteiger partial charge in [0.15, 0.2) is 0 Å². The van der Waals surface area contributed by atoms with Crippen molar-refractivity contribution in [3.8, 4) is 0 Å². The fourth-order valence-electron chi connectivity index (χ4n) is 1.03. The Balaban J connectivity index is 2.36. The second-order valence-electron chi connectivity index (χ2n) is 2.82. The number of methoxy groups -OCH3 is 1. The van der Waals surface area contributed by atoms with E-state index < -0.39 is 0 Å². The second-order valence-corrected chi connectivity index (χ2v) is 2.82. The molecule has 0 spiro atoms. The van der Waals surface area contributed by atoms with E-state index >= 15 is 0 Å². The fraction of sp³-hybridized carbons (Fsp3) is 0.625. The van der Waals surface area contributed by atoms with E-state index in [0.717, 1.165) is 0 Å². The van der Waals surface area contributed by atoms with Crippen LogP contribution in [0.15, 0.2) is 11.6 Å². The third-order valence-electron chi connectivity index (χ3n) is 1.73. The number of hydrogen-bond acceptors (Lipinski definition) is 2. The van der Waals surface area contributed by atoms with Crippen molar-refractivity contribution in [2.45, 2.75) is 13.8 Å². The monoisotopic (exact) mass is 140 g/mol. The number of rotatable bonds is 2. The minimum Gasteiger partial charge on any atom is -0.468 e. The van der Waals surface area contributed by atoms with Crippen molar-refractivity contribution in [1.29, 1.82) is 0 Å². The molecular formula is C8H12O2. The van der Waals surface area contributed by atoms with Crippen LogP contribution in [-0.4, -0.2) is 13.1 Å².